The number of nitrogens with zero attached hydrogens (tertiary/aromatic N) is 2. The third-order valence-corrected chi connectivity index (χ3v) is 2.65. The molecule has 1 aliphatic rings. The second-order valence-corrected chi connectivity index (χ2v) is 3.89. The van der Waals surface area contributed by atoms with E-state index in [9.17, 15) is 19.7 Å². The molecule has 100 valence electrons. The van der Waals surface area contributed by atoms with E-state index in [1.165, 1.54) is 23.1 Å². The quantitative estimate of drug-likeness (QED) is 0.637. The minimum absolute atomic E-state index is 0.0499. The van der Waals surface area contributed by atoms with Gasteiger partial charge in [0.05, 0.1) is 17.0 Å². The molecule has 0 radical (unpaired) electrons. The SMILES string of the molecule is O=C(O)CCN1C(=O)COc2ccc([N+](=O)[O-])cc21. The van der Waals surface area contributed by atoms with Crippen LogP contribution >= 0.6 is 0 Å². The number of rotatable bonds is 4. The van der Waals surface area contributed by atoms with Crippen LogP contribution in [0.4, 0.5) is 11.4 Å². The number of carboxylic acids is 1. The highest BCUT2D eigenvalue weighted by Crippen LogP contribution is 2.35. The van der Waals surface area contributed by atoms with Crippen molar-refractivity contribution in [1.82, 2.24) is 0 Å². The van der Waals surface area contributed by atoms with Crippen LogP contribution in [0.15, 0.2) is 18.2 Å². The van der Waals surface area contributed by atoms with E-state index < -0.39 is 16.8 Å². The van der Waals surface area contributed by atoms with Crippen molar-refractivity contribution in [3.63, 3.8) is 0 Å². The summed E-state index contributed by atoms with van der Waals surface area (Å²) in [6, 6.07) is 3.87. The van der Waals surface area contributed by atoms with E-state index in [4.69, 9.17) is 9.84 Å². The molecule has 0 atom stereocenters. The second-order valence-electron chi connectivity index (χ2n) is 3.89. The van der Waals surface area contributed by atoms with Crippen molar-refractivity contribution in [1.29, 1.82) is 0 Å². The largest absolute Gasteiger partial charge is 0.482 e. The van der Waals surface area contributed by atoms with Gasteiger partial charge in [0, 0.05) is 18.7 Å². The van der Waals surface area contributed by atoms with Crippen LogP contribution in [0.25, 0.3) is 0 Å². The number of nitro benzene ring substituents is 1. The lowest BCUT2D eigenvalue weighted by molar-refractivity contribution is -0.384. The molecule has 1 aromatic rings. The maximum Gasteiger partial charge on any atom is 0.305 e. The monoisotopic (exact) mass is 266 g/mol. The first-order valence-corrected chi connectivity index (χ1v) is 5.42. The highest BCUT2D eigenvalue weighted by Gasteiger charge is 2.27. The van der Waals surface area contributed by atoms with Gasteiger partial charge in [0.25, 0.3) is 11.6 Å². The number of fused-ring (bicyclic) bond motifs is 1. The average molecular weight is 266 g/mol. The van der Waals surface area contributed by atoms with Gasteiger partial charge in [0.15, 0.2) is 6.61 Å². The smallest absolute Gasteiger partial charge is 0.305 e. The molecule has 1 aliphatic heterocycles. The van der Waals surface area contributed by atoms with E-state index in [-0.39, 0.29) is 30.9 Å². The molecule has 8 heteroatoms. The number of carbonyl (C=O) groups excluding carboxylic acids is 1. The molecule has 1 amide bonds. The van der Waals surface area contributed by atoms with Crippen molar-refractivity contribution in [3.8, 4) is 5.75 Å². The van der Waals surface area contributed by atoms with Gasteiger partial charge < -0.3 is 14.7 Å². The highest BCUT2D eigenvalue weighted by atomic mass is 16.6. The zero-order chi connectivity index (χ0) is 14.0. The second kappa shape index (κ2) is 4.92. The number of non-ortho nitro benzene ring substituents is 1. The van der Waals surface area contributed by atoms with Crippen molar-refractivity contribution >= 4 is 23.3 Å². The summed E-state index contributed by atoms with van der Waals surface area (Å²) in [5.41, 5.74) is 0.0454. The molecule has 0 bridgehead atoms. The number of hydrogen-bond donors (Lipinski definition) is 1. The third kappa shape index (κ3) is 2.62. The number of ether oxygens (including phenoxy) is 1. The zero-order valence-electron chi connectivity index (χ0n) is 9.74. The summed E-state index contributed by atoms with van der Waals surface area (Å²) in [5, 5.41) is 19.4. The number of benzene rings is 1. The molecule has 8 nitrogen and oxygen atoms in total. The predicted molar refractivity (Wildman–Crippen MR) is 63.2 cm³/mol. The lowest BCUT2D eigenvalue weighted by Gasteiger charge is -2.28. The minimum atomic E-state index is -1.05. The Morgan fingerprint density at radius 3 is 2.89 bits per heavy atom. The summed E-state index contributed by atoms with van der Waals surface area (Å²) in [5.74, 6) is -1.14. The Kier molecular flexibility index (Phi) is 3.32. The molecular formula is C11H10N2O6. The lowest BCUT2D eigenvalue weighted by atomic mass is 10.2. The molecule has 1 aromatic carbocycles. The Morgan fingerprint density at radius 1 is 1.53 bits per heavy atom. The zero-order valence-corrected chi connectivity index (χ0v) is 9.74. The van der Waals surface area contributed by atoms with Crippen LogP contribution in [-0.2, 0) is 9.59 Å². The predicted octanol–water partition coefficient (Wildman–Crippen LogP) is 0.795. The highest BCUT2D eigenvalue weighted by molar-refractivity contribution is 5.98. The van der Waals surface area contributed by atoms with Gasteiger partial charge in [0.1, 0.15) is 5.75 Å². The summed E-state index contributed by atoms with van der Waals surface area (Å²) in [4.78, 5) is 33.6. The fourth-order valence-corrected chi connectivity index (χ4v) is 1.76. The molecule has 0 fully saturated rings. The van der Waals surface area contributed by atoms with Gasteiger partial charge in [0.2, 0.25) is 0 Å². The van der Waals surface area contributed by atoms with Gasteiger partial charge in [-0.2, -0.15) is 0 Å². The summed E-state index contributed by atoms with van der Waals surface area (Å²) >= 11 is 0. The van der Waals surface area contributed by atoms with Crippen molar-refractivity contribution < 1.29 is 24.4 Å². The molecule has 0 saturated heterocycles. The molecule has 0 spiro atoms. The van der Waals surface area contributed by atoms with Crippen LogP contribution in [0.3, 0.4) is 0 Å². The normalized spacial score (nSPS) is 13.7. The molecule has 0 saturated carbocycles. The fourth-order valence-electron chi connectivity index (χ4n) is 1.76. The van der Waals surface area contributed by atoms with Crippen molar-refractivity contribution in [2.45, 2.75) is 6.42 Å². The number of hydrogen-bond acceptors (Lipinski definition) is 5. The first-order valence-electron chi connectivity index (χ1n) is 5.42. The summed E-state index contributed by atoms with van der Waals surface area (Å²) < 4.78 is 5.15. The van der Waals surface area contributed by atoms with Crippen LogP contribution in [0.2, 0.25) is 0 Å². The van der Waals surface area contributed by atoms with Crippen LogP contribution in [0.5, 0.6) is 5.75 Å². The van der Waals surface area contributed by atoms with Crippen LogP contribution in [0.1, 0.15) is 6.42 Å². The molecule has 0 aromatic heterocycles. The topological polar surface area (TPSA) is 110 Å². The van der Waals surface area contributed by atoms with Gasteiger partial charge in [-0.3, -0.25) is 19.7 Å². The van der Waals surface area contributed by atoms with E-state index in [1.807, 2.05) is 0 Å². The standard InChI is InChI=1S/C11H10N2O6/c14-10-6-19-9-2-1-7(13(17)18)5-8(9)12(10)4-3-11(15)16/h1-2,5H,3-4,6H2,(H,15,16). The Labute approximate surface area is 107 Å². The lowest BCUT2D eigenvalue weighted by Crippen LogP contribution is -2.40. The molecule has 1 heterocycles. The van der Waals surface area contributed by atoms with E-state index in [0.717, 1.165) is 0 Å². The Balaban J connectivity index is 2.35. The third-order valence-electron chi connectivity index (χ3n) is 2.65. The van der Waals surface area contributed by atoms with E-state index in [2.05, 4.69) is 0 Å². The van der Waals surface area contributed by atoms with Gasteiger partial charge in [-0.25, -0.2) is 0 Å². The Hall–Kier alpha value is -2.64. The van der Waals surface area contributed by atoms with Crippen molar-refractivity contribution in [2.75, 3.05) is 18.1 Å². The summed E-state index contributed by atoms with van der Waals surface area (Å²) in [6.07, 6.45) is -0.242. The van der Waals surface area contributed by atoms with E-state index >= 15 is 0 Å². The minimum Gasteiger partial charge on any atom is -0.482 e. The summed E-state index contributed by atoms with van der Waals surface area (Å²) in [6.45, 7) is -0.254. The number of carboxylic acid groups (broad SMARTS) is 1. The van der Waals surface area contributed by atoms with Gasteiger partial charge >= 0.3 is 5.97 Å². The number of carbonyl (C=O) groups is 2. The molecular weight excluding hydrogens is 256 g/mol. The van der Waals surface area contributed by atoms with Crippen molar-refractivity contribution in [3.05, 3.63) is 28.3 Å². The van der Waals surface area contributed by atoms with Crippen molar-refractivity contribution in [2.24, 2.45) is 0 Å². The molecule has 1 N–H and O–H groups in total. The van der Waals surface area contributed by atoms with Gasteiger partial charge in [-0.05, 0) is 6.07 Å². The average Bonchev–Trinajstić information content (AvgIpc) is 2.36. The maximum absolute atomic E-state index is 11.7. The molecule has 0 unspecified atom stereocenters. The maximum atomic E-state index is 11.7. The number of aliphatic carboxylic acids is 1. The van der Waals surface area contributed by atoms with Gasteiger partial charge in [-0.15, -0.1) is 0 Å². The van der Waals surface area contributed by atoms with Crippen LogP contribution < -0.4 is 9.64 Å². The number of nitro groups is 1. The van der Waals surface area contributed by atoms with Crippen LogP contribution in [0, 0.1) is 10.1 Å². The number of anilines is 1. The Bertz CT molecular complexity index is 556. The number of amides is 1. The first-order chi connectivity index (χ1) is 8.99. The Morgan fingerprint density at radius 2 is 2.26 bits per heavy atom. The molecule has 2 rings (SSSR count). The fraction of sp³-hybridized carbons (Fsp3) is 0.273. The van der Waals surface area contributed by atoms with Crippen LogP contribution in [-0.4, -0.2) is 35.1 Å². The van der Waals surface area contributed by atoms with E-state index in [0.29, 0.717) is 5.75 Å². The van der Waals surface area contributed by atoms with Gasteiger partial charge in [-0.1, -0.05) is 0 Å². The molecule has 0 aliphatic carbocycles. The molecule has 19 heavy (non-hydrogen) atoms. The van der Waals surface area contributed by atoms with E-state index in [1.54, 1.807) is 0 Å². The summed E-state index contributed by atoms with van der Waals surface area (Å²) in [7, 11) is 0. The first kappa shape index (κ1) is 12.8.